The lowest BCUT2D eigenvalue weighted by atomic mass is 10.1. The highest BCUT2D eigenvalue weighted by molar-refractivity contribution is 6.03. The number of guanidine groups is 1. The minimum absolute atomic E-state index is 0.0353. The van der Waals surface area contributed by atoms with Crippen molar-refractivity contribution in [3.8, 4) is 0 Å². The van der Waals surface area contributed by atoms with Gasteiger partial charge >= 0.3 is 0 Å². The second-order valence-corrected chi connectivity index (χ2v) is 4.83. The molecule has 0 aliphatic carbocycles. The van der Waals surface area contributed by atoms with Crippen molar-refractivity contribution in [3.05, 3.63) is 41.5 Å². The minimum atomic E-state index is -0.301. The van der Waals surface area contributed by atoms with Gasteiger partial charge in [0.2, 0.25) is 0 Å². The Labute approximate surface area is 114 Å². The fourth-order valence-corrected chi connectivity index (χ4v) is 1.45. The zero-order valence-electron chi connectivity index (χ0n) is 11.7. The van der Waals surface area contributed by atoms with Crippen molar-refractivity contribution in [1.82, 2.24) is 10.6 Å². The van der Waals surface area contributed by atoms with Gasteiger partial charge in [-0.1, -0.05) is 38.1 Å². The molecule has 1 aromatic carbocycles. The number of nitrogens with one attached hydrogen (secondary N) is 3. The van der Waals surface area contributed by atoms with Gasteiger partial charge in [-0.25, -0.2) is 0 Å². The van der Waals surface area contributed by atoms with E-state index in [1.54, 1.807) is 6.08 Å². The molecular formula is C15H21N3O. The average molecular weight is 259 g/mol. The van der Waals surface area contributed by atoms with Crippen molar-refractivity contribution < 1.29 is 4.79 Å². The fraction of sp³-hybridized carbons (Fsp3) is 0.333. The molecule has 0 radical (unpaired) electrons. The van der Waals surface area contributed by atoms with Crippen LogP contribution in [0.1, 0.15) is 25.0 Å². The van der Waals surface area contributed by atoms with Gasteiger partial charge in [0.25, 0.3) is 5.91 Å². The summed E-state index contributed by atoms with van der Waals surface area (Å²) in [5.74, 6) is 0.164. The number of benzene rings is 1. The molecule has 19 heavy (non-hydrogen) atoms. The maximum absolute atomic E-state index is 11.6. The Morgan fingerprint density at radius 2 is 2.05 bits per heavy atom. The Morgan fingerprint density at radius 1 is 1.37 bits per heavy atom. The maximum atomic E-state index is 11.6. The second kappa shape index (κ2) is 7.36. The Balaban J connectivity index is 2.47. The summed E-state index contributed by atoms with van der Waals surface area (Å²) in [6, 6.07) is 7.82. The molecule has 0 aromatic heterocycles. The monoisotopic (exact) mass is 259 g/mol. The summed E-state index contributed by atoms with van der Waals surface area (Å²) >= 11 is 0. The molecule has 0 bridgehead atoms. The first kappa shape index (κ1) is 15.0. The predicted octanol–water partition coefficient (Wildman–Crippen LogP) is 2.30. The van der Waals surface area contributed by atoms with Gasteiger partial charge in [-0.05, 0) is 30.0 Å². The highest BCUT2D eigenvalue weighted by Gasteiger charge is 2.01. The normalized spacial score (nSPS) is 10.7. The van der Waals surface area contributed by atoms with Crippen LogP contribution in [-0.4, -0.2) is 18.4 Å². The van der Waals surface area contributed by atoms with E-state index in [4.69, 9.17) is 5.41 Å². The molecule has 102 valence electrons. The lowest BCUT2D eigenvalue weighted by Gasteiger charge is -2.09. The molecular weight excluding hydrogens is 238 g/mol. The van der Waals surface area contributed by atoms with Crippen molar-refractivity contribution in [2.75, 3.05) is 6.54 Å². The molecule has 0 aliphatic heterocycles. The van der Waals surface area contributed by atoms with E-state index in [0.717, 1.165) is 11.1 Å². The molecule has 1 rings (SSSR count). The fourth-order valence-electron chi connectivity index (χ4n) is 1.45. The number of hydrogen-bond acceptors (Lipinski definition) is 2. The van der Waals surface area contributed by atoms with Gasteiger partial charge < -0.3 is 5.32 Å². The van der Waals surface area contributed by atoms with E-state index in [-0.39, 0.29) is 11.9 Å². The zero-order valence-corrected chi connectivity index (χ0v) is 11.7. The third-order valence-corrected chi connectivity index (χ3v) is 2.54. The van der Waals surface area contributed by atoms with E-state index in [0.29, 0.717) is 12.5 Å². The van der Waals surface area contributed by atoms with Gasteiger partial charge in [0.05, 0.1) is 0 Å². The van der Waals surface area contributed by atoms with E-state index >= 15 is 0 Å². The first-order valence-corrected chi connectivity index (χ1v) is 6.36. The molecule has 0 aliphatic rings. The lowest BCUT2D eigenvalue weighted by Crippen LogP contribution is -2.40. The first-order valence-electron chi connectivity index (χ1n) is 6.36. The molecule has 4 heteroatoms. The Morgan fingerprint density at radius 3 is 2.68 bits per heavy atom. The van der Waals surface area contributed by atoms with Gasteiger partial charge in [0.15, 0.2) is 5.96 Å². The smallest absolute Gasteiger partial charge is 0.250 e. The number of carbonyl (C=O) groups is 1. The standard InChI is InChI=1S/C15H21N3O/c1-11(2)10-17-15(16)18-14(19)9-8-13-7-5-4-6-12(13)3/h4-9,11H,10H2,1-3H3,(H3,16,17,18,19)/b9-8+. The molecule has 0 spiro atoms. The molecule has 0 saturated heterocycles. The maximum Gasteiger partial charge on any atom is 0.250 e. The molecule has 4 nitrogen and oxygen atoms in total. The Bertz CT molecular complexity index is 478. The zero-order chi connectivity index (χ0) is 14.3. The van der Waals surface area contributed by atoms with E-state index < -0.39 is 0 Å². The Hall–Kier alpha value is -2.10. The van der Waals surface area contributed by atoms with Crippen molar-refractivity contribution in [1.29, 1.82) is 5.41 Å². The van der Waals surface area contributed by atoms with Crippen LogP contribution in [0.25, 0.3) is 6.08 Å². The van der Waals surface area contributed by atoms with Crippen LogP contribution in [0.4, 0.5) is 0 Å². The molecule has 0 fully saturated rings. The minimum Gasteiger partial charge on any atom is -0.356 e. The van der Waals surface area contributed by atoms with Crippen LogP contribution in [-0.2, 0) is 4.79 Å². The summed E-state index contributed by atoms with van der Waals surface area (Å²) < 4.78 is 0. The van der Waals surface area contributed by atoms with Crippen molar-refractivity contribution in [3.63, 3.8) is 0 Å². The van der Waals surface area contributed by atoms with Crippen LogP contribution in [0, 0.1) is 18.3 Å². The van der Waals surface area contributed by atoms with Crippen molar-refractivity contribution in [2.24, 2.45) is 5.92 Å². The van der Waals surface area contributed by atoms with Gasteiger partial charge in [-0.15, -0.1) is 0 Å². The molecule has 1 aromatic rings. The highest BCUT2D eigenvalue weighted by atomic mass is 16.1. The highest BCUT2D eigenvalue weighted by Crippen LogP contribution is 2.08. The molecule has 0 atom stereocenters. The molecule has 0 heterocycles. The van der Waals surface area contributed by atoms with E-state index in [1.807, 2.05) is 45.0 Å². The quantitative estimate of drug-likeness (QED) is 0.441. The Kier molecular flexibility index (Phi) is 5.79. The van der Waals surface area contributed by atoms with Crippen LogP contribution >= 0.6 is 0 Å². The largest absolute Gasteiger partial charge is 0.356 e. The number of rotatable bonds is 4. The van der Waals surface area contributed by atoms with Gasteiger partial charge in [0, 0.05) is 12.6 Å². The number of amides is 1. The lowest BCUT2D eigenvalue weighted by molar-refractivity contribution is -0.115. The van der Waals surface area contributed by atoms with Crippen molar-refractivity contribution >= 4 is 17.9 Å². The summed E-state index contributed by atoms with van der Waals surface area (Å²) in [6.45, 7) is 6.74. The third kappa shape index (κ3) is 5.86. The summed E-state index contributed by atoms with van der Waals surface area (Å²) in [5, 5.41) is 12.9. The van der Waals surface area contributed by atoms with Gasteiger partial charge in [-0.2, -0.15) is 0 Å². The number of aryl methyl sites for hydroxylation is 1. The van der Waals surface area contributed by atoms with Crippen LogP contribution in [0.2, 0.25) is 0 Å². The number of carbonyl (C=O) groups excluding carboxylic acids is 1. The predicted molar refractivity (Wildman–Crippen MR) is 78.9 cm³/mol. The van der Waals surface area contributed by atoms with Crippen LogP contribution < -0.4 is 10.6 Å². The average Bonchev–Trinajstić information content (AvgIpc) is 2.35. The molecule has 0 saturated carbocycles. The third-order valence-electron chi connectivity index (χ3n) is 2.54. The first-order chi connectivity index (χ1) is 8.99. The molecule has 3 N–H and O–H groups in total. The van der Waals surface area contributed by atoms with Crippen LogP contribution in [0.3, 0.4) is 0 Å². The number of hydrogen-bond donors (Lipinski definition) is 3. The van der Waals surface area contributed by atoms with Crippen LogP contribution in [0.5, 0.6) is 0 Å². The second-order valence-electron chi connectivity index (χ2n) is 4.83. The summed E-state index contributed by atoms with van der Waals surface area (Å²) in [5.41, 5.74) is 2.11. The SMILES string of the molecule is Cc1ccccc1/C=C/C(=O)NC(=N)NCC(C)C. The summed E-state index contributed by atoms with van der Waals surface area (Å²) in [6.07, 6.45) is 3.19. The summed E-state index contributed by atoms with van der Waals surface area (Å²) in [7, 11) is 0. The van der Waals surface area contributed by atoms with Gasteiger partial charge in [0.1, 0.15) is 0 Å². The molecule has 0 unspecified atom stereocenters. The summed E-state index contributed by atoms with van der Waals surface area (Å²) in [4.78, 5) is 11.6. The topological polar surface area (TPSA) is 65.0 Å². The molecule has 1 amide bonds. The van der Waals surface area contributed by atoms with E-state index in [2.05, 4.69) is 10.6 Å². The van der Waals surface area contributed by atoms with E-state index in [1.165, 1.54) is 6.08 Å². The van der Waals surface area contributed by atoms with Crippen LogP contribution in [0.15, 0.2) is 30.3 Å². The van der Waals surface area contributed by atoms with Gasteiger partial charge in [-0.3, -0.25) is 15.5 Å². The van der Waals surface area contributed by atoms with E-state index in [9.17, 15) is 4.79 Å². The van der Waals surface area contributed by atoms with Crippen molar-refractivity contribution in [2.45, 2.75) is 20.8 Å².